The van der Waals surface area contributed by atoms with Crippen molar-refractivity contribution in [1.29, 1.82) is 0 Å². The lowest BCUT2D eigenvalue weighted by Gasteiger charge is -2.19. The van der Waals surface area contributed by atoms with Gasteiger partial charge in [0.05, 0.1) is 23.3 Å². The highest BCUT2D eigenvalue weighted by atomic mass is 16.3. The zero-order valence-corrected chi connectivity index (χ0v) is 23.3. The molecule has 0 N–H and O–H groups in total. The van der Waals surface area contributed by atoms with Gasteiger partial charge < -0.3 is 4.42 Å². The van der Waals surface area contributed by atoms with E-state index in [0.717, 1.165) is 5.39 Å². The summed E-state index contributed by atoms with van der Waals surface area (Å²) in [6.45, 7) is 0. The van der Waals surface area contributed by atoms with Crippen molar-refractivity contribution in [3.05, 3.63) is 169 Å². The van der Waals surface area contributed by atoms with Crippen LogP contribution in [0.2, 0.25) is 0 Å². The molecule has 210 valence electrons. The van der Waals surface area contributed by atoms with Crippen molar-refractivity contribution in [2.75, 3.05) is 0 Å². The number of para-hydroxylation sites is 1. The summed E-state index contributed by atoms with van der Waals surface area (Å²) >= 11 is 0. The summed E-state index contributed by atoms with van der Waals surface area (Å²) in [5.74, 6) is 0. The fourth-order valence-electron chi connectivity index (χ4n) is 5.90. The maximum absolute atomic E-state index is 9.95. The zero-order valence-electron chi connectivity index (χ0n) is 40.3. The van der Waals surface area contributed by atoms with Crippen molar-refractivity contribution >= 4 is 43.5 Å². The first-order chi connectivity index (χ1) is 29.4. The van der Waals surface area contributed by atoms with Crippen molar-refractivity contribution in [1.82, 2.24) is 0 Å². The smallest absolute Gasteiger partial charge is 0.135 e. The van der Waals surface area contributed by atoms with Gasteiger partial charge in [0.25, 0.3) is 0 Å². The highest BCUT2D eigenvalue weighted by Gasteiger charge is 2.19. The number of hydrogen-bond acceptors (Lipinski definition) is 1. The van der Waals surface area contributed by atoms with Gasteiger partial charge in [0.1, 0.15) is 11.2 Å². The van der Waals surface area contributed by atoms with Gasteiger partial charge in [0, 0.05) is 10.8 Å². The van der Waals surface area contributed by atoms with Crippen LogP contribution in [0.3, 0.4) is 0 Å². The Morgan fingerprint density at radius 1 is 0.356 bits per heavy atom. The minimum absolute atomic E-state index is 0.0549. The summed E-state index contributed by atoms with van der Waals surface area (Å²) < 4.78 is 157. The largest absolute Gasteiger partial charge is 0.456 e. The van der Waals surface area contributed by atoms with E-state index in [-0.39, 0.29) is 49.4 Å². The molecule has 0 radical (unpaired) electrons. The lowest BCUT2D eigenvalue weighted by atomic mass is 9.84. The van der Waals surface area contributed by atoms with Gasteiger partial charge in [0.2, 0.25) is 0 Å². The number of furan rings is 1. The minimum atomic E-state index is -0.744. The van der Waals surface area contributed by atoms with Gasteiger partial charge in [-0.15, -0.1) is 0 Å². The van der Waals surface area contributed by atoms with E-state index in [4.69, 9.17) is 20.9 Å². The minimum Gasteiger partial charge on any atom is -0.456 e. The highest BCUT2D eigenvalue weighted by Crippen LogP contribution is 2.46. The first kappa shape index (κ1) is 13.8. The van der Waals surface area contributed by atoms with E-state index in [1.807, 2.05) is 12.1 Å². The lowest BCUT2D eigenvalue weighted by molar-refractivity contribution is 0.669. The first-order valence-corrected chi connectivity index (χ1v) is 14.0. The van der Waals surface area contributed by atoms with Crippen molar-refractivity contribution in [3.8, 4) is 44.5 Å². The second kappa shape index (κ2) is 10.4. The third kappa shape index (κ3) is 4.24. The van der Waals surface area contributed by atoms with E-state index >= 15 is 0 Å². The Kier molecular flexibility index (Phi) is 3.18. The average Bonchev–Trinajstić information content (AvgIpc) is 3.65. The Bertz CT molecular complexity index is 3440. The molecule has 1 heterocycles. The summed E-state index contributed by atoms with van der Waals surface area (Å²) in [7, 11) is 0. The van der Waals surface area contributed by atoms with E-state index in [0.29, 0.717) is 22.1 Å². The fraction of sp³-hybridized carbons (Fsp3) is 0. The molecular weight excluding hydrogens is 544 g/mol. The molecule has 1 heteroatoms. The van der Waals surface area contributed by atoms with Gasteiger partial charge in [-0.2, -0.15) is 0 Å². The maximum Gasteiger partial charge on any atom is 0.135 e. The third-order valence-electron chi connectivity index (χ3n) is 7.86. The monoisotopic (exact) mass is 589 g/mol. The zero-order chi connectivity index (χ0) is 44.5. The van der Waals surface area contributed by atoms with Crippen molar-refractivity contribution < 1.29 is 27.7 Å². The van der Waals surface area contributed by atoms with Crippen LogP contribution in [0.5, 0.6) is 0 Å². The molecule has 0 atom stereocenters. The molecule has 0 amide bonds. The predicted molar refractivity (Wildman–Crippen MR) is 190 cm³/mol. The van der Waals surface area contributed by atoms with Gasteiger partial charge in [-0.3, -0.25) is 0 Å². The molecule has 0 aliphatic rings. The van der Waals surface area contributed by atoms with E-state index in [1.54, 1.807) is 30.3 Å². The number of fused-ring (bicyclic) bond motifs is 5. The standard InChI is InChI=1S/C44H28O/c1-3-12-29(13-4-1)31-16-11-17-33(26-31)44-37-20-8-7-19-36(37)43(38-24-22-32(27-40(38)44)30-14-5-2-6-15-30)34-23-25-42-39(28-34)35-18-9-10-21-41(35)45-42/h1-28H/i1D,2D,3D,4D,5D,6D,7D,8D,12D,13D,14D,15D,19D,20D,22D,24D,27D. The molecule has 9 rings (SSSR count). The van der Waals surface area contributed by atoms with Gasteiger partial charge in [-0.05, 0) is 96.4 Å². The lowest BCUT2D eigenvalue weighted by Crippen LogP contribution is -1.92. The van der Waals surface area contributed by atoms with Crippen LogP contribution in [0.25, 0.3) is 88.0 Å². The molecule has 0 unspecified atom stereocenters. The summed E-state index contributed by atoms with van der Waals surface area (Å²) in [4.78, 5) is 0. The van der Waals surface area contributed by atoms with Crippen molar-refractivity contribution in [3.63, 3.8) is 0 Å². The molecule has 0 aliphatic heterocycles. The van der Waals surface area contributed by atoms with E-state index in [1.165, 1.54) is 24.3 Å². The summed E-state index contributed by atoms with van der Waals surface area (Å²) in [6.07, 6.45) is 0. The van der Waals surface area contributed by atoms with Gasteiger partial charge >= 0.3 is 0 Å². The van der Waals surface area contributed by atoms with Crippen molar-refractivity contribution in [2.45, 2.75) is 0 Å². The Morgan fingerprint density at radius 2 is 0.956 bits per heavy atom. The second-order valence-corrected chi connectivity index (χ2v) is 10.4. The fourth-order valence-corrected chi connectivity index (χ4v) is 5.90. The van der Waals surface area contributed by atoms with Crippen LogP contribution >= 0.6 is 0 Å². The molecule has 1 aromatic heterocycles. The molecule has 0 aliphatic carbocycles. The van der Waals surface area contributed by atoms with Crippen LogP contribution in [0.1, 0.15) is 23.3 Å². The van der Waals surface area contributed by atoms with Crippen LogP contribution in [-0.2, 0) is 0 Å². The Balaban J connectivity index is 1.55. The molecular formula is C44H28O. The average molecular weight is 590 g/mol. The van der Waals surface area contributed by atoms with Crippen LogP contribution in [0.15, 0.2) is 174 Å². The third-order valence-corrected chi connectivity index (χ3v) is 7.86. The molecule has 45 heavy (non-hydrogen) atoms. The number of benzene rings is 8. The SMILES string of the molecule is [2H]c1c([2H])c([2H])c(-c2cccc(-c3c4c([2H])c([2H])c([2H])c([2H])c4c(-c4ccc5oc6ccccc6c5c4)c4c([2H])c([2H])c(-c5c([2H])c([2H])c([2H])c([2H])c5[2H])c([2H])c34)c2)c([2H])c1[2H]. The topological polar surface area (TPSA) is 13.1 Å². The number of hydrogen-bond donors (Lipinski definition) is 0. The maximum atomic E-state index is 9.95. The molecule has 0 saturated heterocycles. The molecule has 8 aromatic carbocycles. The normalized spacial score (nSPS) is 16.8. The summed E-state index contributed by atoms with van der Waals surface area (Å²) in [5, 5.41) is 0.834. The highest BCUT2D eigenvalue weighted by molar-refractivity contribution is 6.22. The van der Waals surface area contributed by atoms with Crippen LogP contribution < -0.4 is 0 Å². The molecule has 0 fully saturated rings. The van der Waals surface area contributed by atoms with Crippen molar-refractivity contribution in [2.24, 2.45) is 0 Å². The van der Waals surface area contributed by atoms with Crippen LogP contribution in [0.4, 0.5) is 0 Å². The van der Waals surface area contributed by atoms with Gasteiger partial charge in [-0.1, -0.05) is 139 Å². The van der Waals surface area contributed by atoms with E-state index in [9.17, 15) is 6.85 Å². The van der Waals surface area contributed by atoms with Crippen LogP contribution in [0, 0.1) is 0 Å². The molecule has 0 saturated carbocycles. The molecule has 0 bridgehead atoms. The summed E-state index contributed by atoms with van der Waals surface area (Å²) in [5.41, 5.74) is 0.408. The van der Waals surface area contributed by atoms with E-state index < -0.39 is 114 Å². The predicted octanol–water partition coefficient (Wildman–Crippen LogP) is 12.6. The second-order valence-electron chi connectivity index (χ2n) is 10.4. The Morgan fingerprint density at radius 3 is 1.73 bits per heavy atom. The van der Waals surface area contributed by atoms with E-state index in [2.05, 4.69) is 0 Å². The Hall–Kier alpha value is -5.92. The quantitative estimate of drug-likeness (QED) is 0.186. The van der Waals surface area contributed by atoms with Gasteiger partial charge in [0.15, 0.2) is 0 Å². The Labute approximate surface area is 285 Å². The molecule has 0 spiro atoms. The molecule has 1 nitrogen and oxygen atoms in total. The first-order valence-electron chi connectivity index (χ1n) is 22.5. The molecule has 9 aromatic rings. The summed E-state index contributed by atoms with van der Waals surface area (Å²) in [6, 6.07) is 7.55. The van der Waals surface area contributed by atoms with Crippen LogP contribution in [-0.4, -0.2) is 0 Å². The number of rotatable bonds is 4. The van der Waals surface area contributed by atoms with Gasteiger partial charge in [-0.25, -0.2) is 0 Å².